The van der Waals surface area contributed by atoms with Crippen LogP contribution in [0.3, 0.4) is 0 Å². The van der Waals surface area contributed by atoms with Gasteiger partial charge in [-0.25, -0.2) is 13.4 Å². The van der Waals surface area contributed by atoms with Gasteiger partial charge in [0.25, 0.3) is 0 Å². The molecule has 0 atom stereocenters. The molecule has 0 saturated carbocycles. The lowest BCUT2D eigenvalue weighted by molar-refractivity contribution is 0.0721. The van der Waals surface area contributed by atoms with E-state index in [-0.39, 0.29) is 11.9 Å². The number of nitrogens with zero attached hydrogens (tertiary/aromatic N) is 3. The van der Waals surface area contributed by atoms with Crippen LogP contribution in [0.15, 0.2) is 18.3 Å². The number of pyridine rings is 1. The summed E-state index contributed by atoms with van der Waals surface area (Å²) < 4.78 is 30.8. The minimum Gasteiger partial charge on any atom is -0.471 e. The second-order valence-electron chi connectivity index (χ2n) is 4.72. The summed E-state index contributed by atoms with van der Waals surface area (Å²) in [5.74, 6) is 0.554. The van der Waals surface area contributed by atoms with Crippen LogP contribution >= 0.6 is 0 Å². The molecular formula is C13H17N3O3S. The van der Waals surface area contributed by atoms with Gasteiger partial charge >= 0.3 is 0 Å². The van der Waals surface area contributed by atoms with Gasteiger partial charge in [-0.15, -0.1) is 0 Å². The summed E-state index contributed by atoms with van der Waals surface area (Å²) in [7, 11) is -3.14. The van der Waals surface area contributed by atoms with Gasteiger partial charge < -0.3 is 4.74 Å². The maximum absolute atomic E-state index is 11.9. The third-order valence-corrected chi connectivity index (χ3v) is 5.00. The highest BCUT2D eigenvalue weighted by Gasteiger charge is 2.36. The molecule has 0 spiro atoms. The van der Waals surface area contributed by atoms with Gasteiger partial charge in [0.2, 0.25) is 15.9 Å². The number of aromatic nitrogens is 1. The van der Waals surface area contributed by atoms with Crippen LogP contribution in [0, 0.1) is 11.3 Å². The second-order valence-corrected chi connectivity index (χ2v) is 6.81. The first-order valence-electron chi connectivity index (χ1n) is 6.56. The van der Waals surface area contributed by atoms with E-state index in [9.17, 15) is 8.42 Å². The van der Waals surface area contributed by atoms with E-state index in [4.69, 9.17) is 10.00 Å². The maximum Gasteiger partial charge on any atom is 0.214 e. The van der Waals surface area contributed by atoms with E-state index in [1.165, 1.54) is 10.5 Å². The fourth-order valence-electron chi connectivity index (χ4n) is 1.87. The Morgan fingerprint density at radius 2 is 2.30 bits per heavy atom. The van der Waals surface area contributed by atoms with Crippen molar-refractivity contribution < 1.29 is 13.2 Å². The number of unbranched alkanes of at least 4 members (excludes halogenated alkanes) is 1. The van der Waals surface area contributed by atoms with E-state index in [2.05, 4.69) is 4.98 Å². The molecule has 2 rings (SSSR count). The summed E-state index contributed by atoms with van der Waals surface area (Å²) in [5, 5.41) is 8.78. The molecule has 0 amide bonds. The first-order chi connectivity index (χ1) is 9.55. The molecule has 1 fully saturated rings. The van der Waals surface area contributed by atoms with Gasteiger partial charge in [-0.3, -0.25) is 0 Å². The van der Waals surface area contributed by atoms with Crippen molar-refractivity contribution in [3.63, 3.8) is 0 Å². The van der Waals surface area contributed by atoms with Crippen molar-refractivity contribution in [1.29, 1.82) is 5.26 Å². The van der Waals surface area contributed by atoms with Crippen LogP contribution in [-0.2, 0) is 10.0 Å². The Hall–Kier alpha value is -1.65. The topological polar surface area (TPSA) is 83.3 Å². The van der Waals surface area contributed by atoms with Gasteiger partial charge in [0.05, 0.1) is 30.5 Å². The van der Waals surface area contributed by atoms with Crippen LogP contribution in [-0.4, -0.2) is 42.7 Å². The predicted octanol–water partition coefficient (Wildman–Crippen LogP) is 1.15. The van der Waals surface area contributed by atoms with E-state index in [1.807, 2.05) is 13.0 Å². The highest BCUT2D eigenvalue weighted by Crippen LogP contribution is 2.20. The molecule has 1 saturated heterocycles. The summed E-state index contributed by atoms with van der Waals surface area (Å²) >= 11 is 0. The molecule has 1 aromatic rings. The number of ether oxygens (including phenoxy) is 1. The molecule has 0 aliphatic carbocycles. The minimum absolute atomic E-state index is 0.187. The summed E-state index contributed by atoms with van der Waals surface area (Å²) in [6.45, 7) is 2.67. The van der Waals surface area contributed by atoms with Crippen LogP contribution in [0.25, 0.3) is 0 Å². The Bertz CT molecular complexity index is 604. The zero-order valence-electron chi connectivity index (χ0n) is 11.3. The van der Waals surface area contributed by atoms with E-state index in [1.54, 1.807) is 12.1 Å². The Morgan fingerprint density at radius 3 is 2.95 bits per heavy atom. The highest BCUT2D eigenvalue weighted by atomic mass is 32.2. The van der Waals surface area contributed by atoms with Crippen LogP contribution < -0.4 is 4.74 Å². The number of hydrogen-bond donors (Lipinski definition) is 0. The van der Waals surface area contributed by atoms with Gasteiger partial charge in [-0.2, -0.15) is 9.57 Å². The average Bonchev–Trinajstić information content (AvgIpc) is 2.40. The largest absolute Gasteiger partial charge is 0.471 e. The van der Waals surface area contributed by atoms with Gasteiger partial charge in [0, 0.05) is 12.3 Å². The van der Waals surface area contributed by atoms with E-state index in [0.717, 1.165) is 6.42 Å². The lowest BCUT2D eigenvalue weighted by atomic mass is 10.2. The molecule has 6 nitrogen and oxygen atoms in total. The Labute approximate surface area is 119 Å². The quantitative estimate of drug-likeness (QED) is 0.786. The molecule has 0 radical (unpaired) electrons. The number of nitriles is 1. The summed E-state index contributed by atoms with van der Waals surface area (Å²) in [6, 6.07) is 5.15. The van der Waals surface area contributed by atoms with E-state index >= 15 is 0 Å². The molecule has 108 valence electrons. The van der Waals surface area contributed by atoms with Gasteiger partial charge in [-0.1, -0.05) is 13.3 Å². The standard InChI is InChI=1S/C13H17N3O3S/c1-2-3-6-20(17,18)16-9-12(10-16)19-13-7-11(8-14)4-5-15-13/h4-5,7,12H,2-3,6,9-10H2,1H3. The lowest BCUT2D eigenvalue weighted by Gasteiger charge is -2.37. The third-order valence-electron chi connectivity index (χ3n) is 3.12. The molecule has 7 heteroatoms. The van der Waals surface area contributed by atoms with Crippen LogP contribution in [0.4, 0.5) is 0 Å². The third kappa shape index (κ3) is 3.46. The SMILES string of the molecule is CCCCS(=O)(=O)N1CC(Oc2cc(C#N)ccn2)C1. The van der Waals surface area contributed by atoms with Crippen LogP contribution in [0.5, 0.6) is 5.88 Å². The molecule has 1 aliphatic rings. The maximum atomic E-state index is 11.9. The molecule has 0 N–H and O–H groups in total. The van der Waals surface area contributed by atoms with Crippen molar-refractivity contribution in [2.45, 2.75) is 25.9 Å². The van der Waals surface area contributed by atoms with Crippen LogP contribution in [0.1, 0.15) is 25.3 Å². The molecule has 20 heavy (non-hydrogen) atoms. The fraction of sp³-hybridized carbons (Fsp3) is 0.538. The summed E-state index contributed by atoms with van der Waals surface area (Å²) in [5.41, 5.74) is 0.474. The Kier molecular flexibility index (Phi) is 4.57. The molecule has 0 unspecified atom stereocenters. The van der Waals surface area contributed by atoms with Crippen molar-refractivity contribution >= 4 is 10.0 Å². The summed E-state index contributed by atoms with van der Waals surface area (Å²) in [4.78, 5) is 4.00. The Morgan fingerprint density at radius 1 is 1.55 bits per heavy atom. The smallest absolute Gasteiger partial charge is 0.214 e. The van der Waals surface area contributed by atoms with E-state index < -0.39 is 10.0 Å². The molecule has 0 bridgehead atoms. The van der Waals surface area contributed by atoms with Crippen molar-refractivity contribution in [2.75, 3.05) is 18.8 Å². The lowest BCUT2D eigenvalue weighted by Crippen LogP contribution is -2.56. The molecular weight excluding hydrogens is 278 g/mol. The number of rotatable bonds is 6. The summed E-state index contributed by atoms with van der Waals surface area (Å²) in [6.07, 6.45) is 2.85. The number of hydrogen-bond acceptors (Lipinski definition) is 5. The zero-order valence-corrected chi connectivity index (χ0v) is 12.1. The average molecular weight is 295 g/mol. The van der Waals surface area contributed by atoms with E-state index in [0.29, 0.717) is 31.0 Å². The highest BCUT2D eigenvalue weighted by molar-refractivity contribution is 7.89. The zero-order chi connectivity index (χ0) is 14.6. The monoisotopic (exact) mass is 295 g/mol. The van der Waals surface area contributed by atoms with Crippen molar-refractivity contribution in [3.05, 3.63) is 23.9 Å². The first-order valence-corrected chi connectivity index (χ1v) is 8.16. The molecule has 1 aromatic heterocycles. The molecule has 1 aliphatic heterocycles. The van der Waals surface area contributed by atoms with Gasteiger partial charge in [0.1, 0.15) is 6.10 Å². The van der Waals surface area contributed by atoms with Gasteiger partial charge in [0.15, 0.2) is 0 Å². The molecule has 0 aromatic carbocycles. The number of sulfonamides is 1. The van der Waals surface area contributed by atoms with Crippen molar-refractivity contribution in [2.24, 2.45) is 0 Å². The Balaban J connectivity index is 1.86. The second kappa shape index (κ2) is 6.20. The predicted molar refractivity (Wildman–Crippen MR) is 73.6 cm³/mol. The van der Waals surface area contributed by atoms with Crippen molar-refractivity contribution in [3.8, 4) is 11.9 Å². The first kappa shape index (κ1) is 14.8. The normalized spacial score (nSPS) is 16.4. The van der Waals surface area contributed by atoms with Crippen LogP contribution in [0.2, 0.25) is 0 Å². The van der Waals surface area contributed by atoms with Crippen molar-refractivity contribution in [1.82, 2.24) is 9.29 Å². The van der Waals surface area contributed by atoms with Gasteiger partial charge in [-0.05, 0) is 12.5 Å². The minimum atomic E-state index is -3.14. The molecule has 2 heterocycles. The fourth-order valence-corrected chi connectivity index (χ4v) is 3.57.